The number of carbonyl (C=O) groups is 2. The van der Waals surface area contributed by atoms with E-state index >= 15 is 0 Å². The molecule has 1 aromatic carbocycles. The molecule has 1 N–H and O–H groups in total. The second kappa shape index (κ2) is 5.03. The Morgan fingerprint density at radius 3 is 2.70 bits per heavy atom. The van der Waals surface area contributed by atoms with E-state index in [9.17, 15) is 22.8 Å². The summed E-state index contributed by atoms with van der Waals surface area (Å²) in [5, 5.41) is 2.13. The van der Waals surface area contributed by atoms with E-state index in [1.54, 1.807) is 6.92 Å². The van der Waals surface area contributed by atoms with E-state index in [0.29, 0.717) is 0 Å². The molecule has 8 heteroatoms. The third-order valence-electron chi connectivity index (χ3n) is 2.74. The van der Waals surface area contributed by atoms with Gasteiger partial charge in [-0.1, -0.05) is 13.0 Å². The van der Waals surface area contributed by atoms with Crippen molar-refractivity contribution >= 4 is 17.6 Å². The van der Waals surface area contributed by atoms with Gasteiger partial charge in [-0.05, 0) is 12.1 Å². The number of alkyl halides is 3. The highest BCUT2D eigenvalue weighted by Crippen LogP contribution is 2.28. The molecule has 0 saturated carbocycles. The zero-order valence-electron chi connectivity index (χ0n) is 10.4. The first-order valence-corrected chi connectivity index (χ1v) is 5.74. The van der Waals surface area contributed by atoms with Crippen molar-refractivity contribution in [1.29, 1.82) is 0 Å². The van der Waals surface area contributed by atoms with Crippen molar-refractivity contribution in [2.75, 3.05) is 11.4 Å². The van der Waals surface area contributed by atoms with E-state index in [0.717, 1.165) is 12.1 Å². The van der Waals surface area contributed by atoms with E-state index < -0.39 is 30.0 Å². The topological polar surface area (TPSA) is 58.6 Å². The van der Waals surface area contributed by atoms with Crippen LogP contribution in [0.25, 0.3) is 0 Å². The molecule has 3 amide bonds. The number of amides is 3. The van der Waals surface area contributed by atoms with Crippen molar-refractivity contribution in [3.8, 4) is 5.75 Å². The van der Waals surface area contributed by atoms with Crippen LogP contribution in [0.15, 0.2) is 24.3 Å². The average Bonchev–Trinajstić information content (AvgIpc) is 2.32. The first-order valence-electron chi connectivity index (χ1n) is 5.74. The number of ether oxygens (including phenoxy) is 1. The molecule has 20 heavy (non-hydrogen) atoms. The van der Waals surface area contributed by atoms with Crippen LogP contribution in [0, 0.1) is 5.92 Å². The SMILES string of the molecule is CC1CN(c2cccc(OC(F)(F)F)c2)C(=O)NC1=O. The summed E-state index contributed by atoms with van der Waals surface area (Å²) in [4.78, 5) is 24.2. The van der Waals surface area contributed by atoms with Crippen LogP contribution in [0.2, 0.25) is 0 Å². The first-order chi connectivity index (χ1) is 9.26. The van der Waals surface area contributed by atoms with Crippen molar-refractivity contribution < 1.29 is 27.5 Å². The smallest absolute Gasteiger partial charge is 0.406 e. The molecule has 0 spiro atoms. The number of benzene rings is 1. The van der Waals surface area contributed by atoms with Crippen molar-refractivity contribution in [2.24, 2.45) is 5.92 Å². The monoisotopic (exact) mass is 288 g/mol. The summed E-state index contributed by atoms with van der Waals surface area (Å²) < 4.78 is 40.2. The number of nitrogens with one attached hydrogen (secondary N) is 1. The minimum absolute atomic E-state index is 0.0974. The summed E-state index contributed by atoms with van der Waals surface area (Å²) in [5.41, 5.74) is 0.226. The molecule has 1 heterocycles. The Bertz CT molecular complexity index is 545. The number of hydrogen-bond acceptors (Lipinski definition) is 3. The Morgan fingerprint density at radius 1 is 1.35 bits per heavy atom. The Morgan fingerprint density at radius 2 is 2.05 bits per heavy atom. The lowest BCUT2D eigenvalue weighted by Gasteiger charge is -2.30. The highest BCUT2D eigenvalue weighted by molar-refractivity contribution is 6.06. The molecule has 0 bridgehead atoms. The number of imide groups is 1. The van der Waals surface area contributed by atoms with Gasteiger partial charge in [0.2, 0.25) is 5.91 Å². The predicted octanol–water partition coefficient (Wildman–Crippen LogP) is 2.28. The van der Waals surface area contributed by atoms with Gasteiger partial charge in [-0.15, -0.1) is 13.2 Å². The first kappa shape index (κ1) is 14.2. The van der Waals surface area contributed by atoms with Gasteiger partial charge in [-0.2, -0.15) is 0 Å². The van der Waals surface area contributed by atoms with Gasteiger partial charge in [0.1, 0.15) is 5.75 Å². The largest absolute Gasteiger partial charge is 0.573 e. The van der Waals surface area contributed by atoms with Gasteiger partial charge in [-0.25, -0.2) is 4.79 Å². The molecule has 1 unspecified atom stereocenters. The molecule has 5 nitrogen and oxygen atoms in total. The summed E-state index contributed by atoms with van der Waals surface area (Å²) in [6.45, 7) is 1.71. The molecule has 108 valence electrons. The number of rotatable bonds is 2. The zero-order chi connectivity index (χ0) is 14.9. The Hall–Kier alpha value is -2.25. The number of nitrogens with zero attached hydrogens (tertiary/aromatic N) is 1. The third-order valence-corrected chi connectivity index (χ3v) is 2.74. The third kappa shape index (κ3) is 3.19. The van der Waals surface area contributed by atoms with Crippen LogP contribution >= 0.6 is 0 Å². The Labute approximate surface area is 112 Å². The number of anilines is 1. The van der Waals surface area contributed by atoms with Crippen LogP contribution in [0.4, 0.5) is 23.7 Å². The van der Waals surface area contributed by atoms with E-state index in [1.165, 1.54) is 17.0 Å². The molecule has 1 fully saturated rings. The van der Waals surface area contributed by atoms with Gasteiger partial charge in [0.25, 0.3) is 0 Å². The molecule has 1 atom stereocenters. The van der Waals surface area contributed by atoms with E-state index in [-0.39, 0.29) is 12.2 Å². The predicted molar refractivity (Wildman–Crippen MR) is 63.2 cm³/mol. The van der Waals surface area contributed by atoms with Crippen LogP contribution in [0.1, 0.15) is 6.92 Å². The minimum atomic E-state index is -4.80. The van der Waals surface area contributed by atoms with Gasteiger partial charge in [-0.3, -0.25) is 15.0 Å². The van der Waals surface area contributed by atoms with E-state index in [1.807, 2.05) is 0 Å². The molecular formula is C12H11F3N2O3. The second-order valence-electron chi connectivity index (χ2n) is 4.35. The van der Waals surface area contributed by atoms with Gasteiger partial charge < -0.3 is 4.74 Å². The van der Waals surface area contributed by atoms with Gasteiger partial charge in [0, 0.05) is 18.3 Å². The van der Waals surface area contributed by atoms with Crippen molar-refractivity contribution in [3.63, 3.8) is 0 Å². The number of carbonyl (C=O) groups excluding carboxylic acids is 2. The molecule has 1 aliphatic rings. The molecule has 1 aromatic rings. The van der Waals surface area contributed by atoms with Crippen LogP contribution in [0.5, 0.6) is 5.75 Å². The molecule has 1 saturated heterocycles. The maximum absolute atomic E-state index is 12.1. The summed E-state index contributed by atoms with van der Waals surface area (Å²) in [5.74, 6) is -1.28. The number of hydrogen-bond donors (Lipinski definition) is 1. The minimum Gasteiger partial charge on any atom is -0.406 e. The summed E-state index contributed by atoms with van der Waals surface area (Å²) in [7, 11) is 0. The Kier molecular flexibility index (Phi) is 3.56. The lowest BCUT2D eigenvalue weighted by atomic mass is 10.1. The van der Waals surface area contributed by atoms with E-state index in [4.69, 9.17) is 0 Å². The zero-order valence-corrected chi connectivity index (χ0v) is 10.4. The number of urea groups is 1. The van der Waals surface area contributed by atoms with Crippen LogP contribution in [0.3, 0.4) is 0 Å². The molecule has 0 aromatic heterocycles. The normalized spacial score (nSPS) is 19.8. The summed E-state index contributed by atoms with van der Waals surface area (Å²) in [6.07, 6.45) is -4.80. The fourth-order valence-corrected chi connectivity index (χ4v) is 1.81. The average molecular weight is 288 g/mol. The maximum atomic E-state index is 12.1. The van der Waals surface area contributed by atoms with Crippen LogP contribution in [-0.4, -0.2) is 24.8 Å². The molecule has 1 aliphatic heterocycles. The molecule has 0 aliphatic carbocycles. The second-order valence-corrected chi connectivity index (χ2v) is 4.35. The fraction of sp³-hybridized carbons (Fsp3) is 0.333. The van der Waals surface area contributed by atoms with E-state index in [2.05, 4.69) is 10.1 Å². The highest BCUT2D eigenvalue weighted by Gasteiger charge is 2.33. The summed E-state index contributed by atoms with van der Waals surface area (Å²) >= 11 is 0. The van der Waals surface area contributed by atoms with Gasteiger partial charge in [0.15, 0.2) is 0 Å². The standard InChI is InChI=1S/C12H11F3N2O3/c1-7-6-17(11(19)16-10(7)18)8-3-2-4-9(5-8)20-12(13,14)15/h2-5,7H,6H2,1H3,(H,16,18,19). The molecule has 0 radical (unpaired) electrons. The lowest BCUT2D eigenvalue weighted by Crippen LogP contribution is -2.53. The van der Waals surface area contributed by atoms with Crippen molar-refractivity contribution in [3.05, 3.63) is 24.3 Å². The maximum Gasteiger partial charge on any atom is 0.573 e. The van der Waals surface area contributed by atoms with Crippen LogP contribution in [-0.2, 0) is 4.79 Å². The summed E-state index contributed by atoms with van der Waals surface area (Å²) in [6, 6.07) is 4.36. The quantitative estimate of drug-likeness (QED) is 0.908. The fourth-order valence-electron chi connectivity index (χ4n) is 1.81. The molecular weight excluding hydrogens is 277 g/mol. The van der Waals surface area contributed by atoms with Crippen molar-refractivity contribution in [1.82, 2.24) is 5.32 Å². The van der Waals surface area contributed by atoms with Crippen LogP contribution < -0.4 is 15.0 Å². The Balaban J connectivity index is 2.22. The van der Waals surface area contributed by atoms with Gasteiger partial charge >= 0.3 is 12.4 Å². The van der Waals surface area contributed by atoms with Crippen molar-refractivity contribution in [2.45, 2.75) is 13.3 Å². The van der Waals surface area contributed by atoms with Gasteiger partial charge in [0.05, 0.1) is 5.92 Å². The lowest BCUT2D eigenvalue weighted by molar-refractivity contribution is -0.274. The highest BCUT2D eigenvalue weighted by atomic mass is 19.4. The molecule has 2 rings (SSSR count). The number of halogens is 3.